The zero-order valence-corrected chi connectivity index (χ0v) is 11.7. The molecule has 0 bridgehead atoms. The molecule has 0 aromatic rings. The topological polar surface area (TPSA) is 0 Å². The molecule has 2 saturated carbocycles. The summed E-state index contributed by atoms with van der Waals surface area (Å²) in [6.45, 7) is 0. The number of rotatable bonds is 0. The quantitative estimate of drug-likeness (QED) is 0.570. The second kappa shape index (κ2) is 3.30. The third-order valence-electron chi connectivity index (χ3n) is 7.08. The lowest BCUT2D eigenvalue weighted by Gasteiger charge is -2.19. The number of allylic oxidation sites excluding steroid dienone is 10. The molecular formula is C20H20. The van der Waals surface area contributed by atoms with Crippen molar-refractivity contribution in [3.05, 3.63) is 59.8 Å². The molecular weight excluding hydrogens is 240 g/mol. The minimum atomic E-state index is 0.760. The predicted molar refractivity (Wildman–Crippen MR) is 80.7 cm³/mol. The van der Waals surface area contributed by atoms with Crippen LogP contribution in [-0.4, -0.2) is 0 Å². The van der Waals surface area contributed by atoms with Gasteiger partial charge in [-0.25, -0.2) is 0 Å². The van der Waals surface area contributed by atoms with E-state index in [2.05, 4.69) is 48.6 Å². The number of hydrogen-bond acceptors (Lipinski definition) is 0. The lowest BCUT2D eigenvalue weighted by molar-refractivity contribution is 0.402. The first kappa shape index (κ1) is 10.4. The van der Waals surface area contributed by atoms with E-state index in [1.807, 2.05) is 11.1 Å². The largest absolute Gasteiger partial charge is 0.0842 e. The Morgan fingerprint density at radius 2 is 1.00 bits per heavy atom. The lowest BCUT2D eigenvalue weighted by atomic mass is 9.85. The summed E-state index contributed by atoms with van der Waals surface area (Å²) in [5, 5.41) is 0. The third-order valence-corrected chi connectivity index (χ3v) is 7.08. The van der Waals surface area contributed by atoms with Gasteiger partial charge in [-0.2, -0.15) is 0 Å². The van der Waals surface area contributed by atoms with Crippen LogP contribution in [0.5, 0.6) is 0 Å². The van der Waals surface area contributed by atoms with E-state index in [4.69, 9.17) is 0 Å². The summed E-state index contributed by atoms with van der Waals surface area (Å²) in [5.41, 5.74) is 3.70. The summed E-state index contributed by atoms with van der Waals surface area (Å²) < 4.78 is 0. The molecule has 20 heavy (non-hydrogen) atoms. The molecule has 8 atom stereocenters. The molecule has 0 aliphatic heterocycles. The molecule has 0 unspecified atom stereocenters. The van der Waals surface area contributed by atoms with E-state index < -0.39 is 0 Å². The Labute approximate surface area is 120 Å². The molecule has 0 heterocycles. The lowest BCUT2D eigenvalue weighted by Crippen LogP contribution is -2.12. The highest BCUT2D eigenvalue weighted by Gasteiger charge is 2.51. The van der Waals surface area contributed by atoms with Crippen molar-refractivity contribution >= 4 is 0 Å². The van der Waals surface area contributed by atoms with E-state index in [1.54, 1.807) is 0 Å². The predicted octanol–water partition coefficient (Wildman–Crippen LogP) is 4.30. The summed E-state index contributed by atoms with van der Waals surface area (Å²) in [7, 11) is 0. The summed E-state index contributed by atoms with van der Waals surface area (Å²) in [6.07, 6.45) is 22.7. The minimum Gasteiger partial charge on any atom is -0.0842 e. The van der Waals surface area contributed by atoms with Crippen LogP contribution < -0.4 is 0 Å². The SMILES string of the molecule is C1=C[C@@H]2C/C(=C3/C[C@@H]4C=C[C@@H]5C=C[C@@H]3[C@H]54)[C@@H]3C=C[C@@H]1[C@H]23. The number of hydrogen-bond donors (Lipinski definition) is 0. The molecule has 0 spiro atoms. The molecule has 0 radical (unpaired) electrons. The van der Waals surface area contributed by atoms with Crippen molar-refractivity contribution in [1.29, 1.82) is 0 Å². The molecule has 6 aliphatic rings. The molecule has 0 aromatic carbocycles. The Balaban J connectivity index is 1.48. The first-order valence-electron chi connectivity index (χ1n) is 8.35. The maximum Gasteiger partial charge on any atom is 0.00227 e. The first-order chi connectivity index (χ1) is 9.90. The summed E-state index contributed by atoms with van der Waals surface area (Å²) in [5.74, 6) is 6.57. The van der Waals surface area contributed by atoms with Gasteiger partial charge in [-0.15, -0.1) is 0 Å². The molecule has 0 N–H and O–H groups in total. The maximum absolute atomic E-state index is 2.54. The van der Waals surface area contributed by atoms with E-state index >= 15 is 0 Å². The zero-order chi connectivity index (χ0) is 12.8. The van der Waals surface area contributed by atoms with E-state index in [1.165, 1.54) is 12.8 Å². The summed E-state index contributed by atoms with van der Waals surface area (Å²) in [6, 6.07) is 0. The summed E-state index contributed by atoms with van der Waals surface area (Å²) in [4.78, 5) is 0. The smallest absolute Gasteiger partial charge is 0.00227 e. The molecule has 2 fully saturated rings. The van der Waals surface area contributed by atoms with Gasteiger partial charge in [0.25, 0.3) is 0 Å². The average molecular weight is 260 g/mol. The molecule has 100 valence electrons. The molecule has 0 saturated heterocycles. The van der Waals surface area contributed by atoms with Crippen LogP contribution in [0.3, 0.4) is 0 Å². The van der Waals surface area contributed by atoms with Crippen molar-refractivity contribution in [3.8, 4) is 0 Å². The Bertz CT molecular complexity index is 585. The van der Waals surface area contributed by atoms with Crippen LogP contribution in [0.2, 0.25) is 0 Å². The van der Waals surface area contributed by atoms with Gasteiger partial charge in [0.05, 0.1) is 0 Å². The third kappa shape index (κ3) is 1.05. The Kier molecular flexibility index (Phi) is 1.72. The normalized spacial score (nSPS) is 59.2. The fraction of sp³-hybridized carbons (Fsp3) is 0.500. The molecule has 0 heteroatoms. The summed E-state index contributed by atoms with van der Waals surface area (Å²) >= 11 is 0. The second-order valence-electron chi connectivity index (χ2n) is 7.69. The molecule has 0 aromatic heterocycles. The van der Waals surface area contributed by atoms with Crippen molar-refractivity contribution in [3.63, 3.8) is 0 Å². The van der Waals surface area contributed by atoms with Gasteiger partial charge in [0.1, 0.15) is 0 Å². The van der Waals surface area contributed by atoms with Crippen LogP contribution in [0.25, 0.3) is 0 Å². The van der Waals surface area contributed by atoms with E-state index in [9.17, 15) is 0 Å². The van der Waals surface area contributed by atoms with Gasteiger partial charge in [0.15, 0.2) is 0 Å². The molecule has 0 nitrogen and oxygen atoms in total. The fourth-order valence-corrected chi connectivity index (χ4v) is 6.35. The standard InChI is InChI=1S/C20H20/c1-3-13-9-17(15-7-5-11(1)19(13)15)18-10-14-4-2-12-6-8-16(18)20(12)14/h1-8,11-16,19-20H,9-10H2/b18-17+/t11-,12-,13-,14+,15+,16+,19-,20-/m1/s1. The van der Waals surface area contributed by atoms with Crippen molar-refractivity contribution in [2.75, 3.05) is 0 Å². The van der Waals surface area contributed by atoms with Crippen LogP contribution in [0.4, 0.5) is 0 Å². The first-order valence-corrected chi connectivity index (χ1v) is 8.35. The monoisotopic (exact) mass is 260 g/mol. The highest BCUT2D eigenvalue weighted by Crippen LogP contribution is 2.61. The van der Waals surface area contributed by atoms with Crippen LogP contribution >= 0.6 is 0 Å². The molecule has 0 amide bonds. The van der Waals surface area contributed by atoms with Crippen molar-refractivity contribution in [1.82, 2.24) is 0 Å². The highest BCUT2D eigenvalue weighted by molar-refractivity contribution is 5.44. The van der Waals surface area contributed by atoms with Gasteiger partial charge in [-0.05, 0) is 48.3 Å². The molecule has 6 rings (SSSR count). The van der Waals surface area contributed by atoms with Gasteiger partial charge >= 0.3 is 0 Å². The van der Waals surface area contributed by atoms with E-state index in [-0.39, 0.29) is 0 Å². The second-order valence-corrected chi connectivity index (χ2v) is 7.69. The van der Waals surface area contributed by atoms with Gasteiger partial charge < -0.3 is 0 Å². The maximum atomic E-state index is 2.54. The van der Waals surface area contributed by atoms with Gasteiger partial charge in [-0.3, -0.25) is 0 Å². The Morgan fingerprint density at radius 3 is 1.50 bits per heavy atom. The zero-order valence-electron chi connectivity index (χ0n) is 11.7. The van der Waals surface area contributed by atoms with Crippen molar-refractivity contribution < 1.29 is 0 Å². The average Bonchev–Trinajstić information content (AvgIpc) is 3.18. The van der Waals surface area contributed by atoms with E-state index in [0.29, 0.717) is 0 Å². The van der Waals surface area contributed by atoms with Crippen LogP contribution in [-0.2, 0) is 0 Å². The minimum absolute atomic E-state index is 0.760. The highest BCUT2D eigenvalue weighted by atomic mass is 14.6. The molecule has 6 aliphatic carbocycles. The van der Waals surface area contributed by atoms with Gasteiger partial charge in [0, 0.05) is 11.8 Å². The van der Waals surface area contributed by atoms with Gasteiger partial charge in [0.2, 0.25) is 0 Å². The Morgan fingerprint density at radius 1 is 0.550 bits per heavy atom. The Hall–Kier alpha value is -1.30. The van der Waals surface area contributed by atoms with E-state index in [0.717, 1.165) is 47.3 Å². The fourth-order valence-electron chi connectivity index (χ4n) is 6.35. The van der Waals surface area contributed by atoms with Crippen LogP contribution in [0.15, 0.2) is 59.8 Å². The van der Waals surface area contributed by atoms with Crippen LogP contribution in [0, 0.1) is 47.3 Å². The van der Waals surface area contributed by atoms with Crippen molar-refractivity contribution in [2.24, 2.45) is 47.3 Å². The van der Waals surface area contributed by atoms with Gasteiger partial charge in [-0.1, -0.05) is 59.8 Å². The van der Waals surface area contributed by atoms with Crippen LogP contribution in [0.1, 0.15) is 12.8 Å². The van der Waals surface area contributed by atoms with Crippen molar-refractivity contribution in [2.45, 2.75) is 12.8 Å².